The van der Waals surface area contributed by atoms with E-state index in [9.17, 15) is 4.79 Å². The molecular weight excluding hydrogens is 132 g/mol. The van der Waals surface area contributed by atoms with Crippen LogP contribution >= 0.6 is 0 Å². The van der Waals surface area contributed by atoms with Gasteiger partial charge in [-0.15, -0.1) is 0 Å². The largest absolute Gasteiger partial charge is 0.392 e. The molecule has 0 radical (unpaired) electrons. The van der Waals surface area contributed by atoms with Crippen molar-refractivity contribution in [1.82, 2.24) is 0 Å². The summed E-state index contributed by atoms with van der Waals surface area (Å²) in [5.41, 5.74) is 0.109. The number of Topliss-reactive ketones (excluding diaryl/α,β-unsaturated/α-hetero) is 1. The van der Waals surface area contributed by atoms with Gasteiger partial charge in [-0.3, -0.25) is 4.79 Å². The van der Waals surface area contributed by atoms with Crippen molar-refractivity contribution >= 4 is 5.78 Å². The van der Waals surface area contributed by atoms with Crippen LogP contribution in [0.5, 0.6) is 0 Å². The molecule has 3 nitrogen and oxygen atoms in total. The highest BCUT2D eigenvalue weighted by Gasteiger charge is 2.08. The lowest BCUT2D eigenvalue weighted by molar-refractivity contribution is -0.112. The first-order valence-corrected chi connectivity index (χ1v) is 2.75. The molecule has 0 rings (SSSR count). The number of hydrogen-bond donors (Lipinski definition) is 2. The summed E-state index contributed by atoms with van der Waals surface area (Å²) in [7, 11) is 0. The first kappa shape index (κ1) is 9.07. The van der Waals surface area contributed by atoms with Gasteiger partial charge in [-0.1, -0.05) is 13.2 Å². The zero-order chi connectivity index (χ0) is 8.15. The number of hydrogen-bond acceptors (Lipinski definition) is 3. The predicted octanol–water partition coefficient (Wildman–Crippen LogP) is -0.347. The Hall–Kier alpha value is -0.930. The van der Waals surface area contributed by atoms with Gasteiger partial charge in [0, 0.05) is 11.1 Å². The third-order valence-electron chi connectivity index (χ3n) is 1.02. The average molecular weight is 142 g/mol. The fourth-order valence-electron chi connectivity index (χ4n) is 0.394. The van der Waals surface area contributed by atoms with Gasteiger partial charge in [0.1, 0.15) is 0 Å². The molecule has 0 aliphatic carbocycles. The van der Waals surface area contributed by atoms with E-state index in [4.69, 9.17) is 10.2 Å². The van der Waals surface area contributed by atoms with Crippen LogP contribution in [0.2, 0.25) is 0 Å². The molecule has 0 spiro atoms. The Kier molecular flexibility index (Phi) is 3.61. The molecule has 0 fully saturated rings. The van der Waals surface area contributed by atoms with Crippen molar-refractivity contribution in [2.45, 2.75) is 0 Å². The van der Waals surface area contributed by atoms with Crippen molar-refractivity contribution in [2.24, 2.45) is 0 Å². The molecule has 0 saturated carbocycles. The highest BCUT2D eigenvalue weighted by molar-refractivity contribution is 6.07. The molecule has 0 aromatic rings. The fraction of sp³-hybridized carbons (Fsp3) is 0.286. The first-order chi connectivity index (χ1) is 4.63. The van der Waals surface area contributed by atoms with Gasteiger partial charge >= 0.3 is 0 Å². The van der Waals surface area contributed by atoms with E-state index in [1.54, 1.807) is 0 Å². The molecule has 0 bridgehead atoms. The van der Waals surface area contributed by atoms with Crippen molar-refractivity contribution in [1.29, 1.82) is 0 Å². The van der Waals surface area contributed by atoms with Gasteiger partial charge < -0.3 is 10.2 Å². The van der Waals surface area contributed by atoms with Gasteiger partial charge in [0.2, 0.25) is 0 Å². The Morgan fingerprint density at radius 2 is 1.40 bits per heavy atom. The van der Waals surface area contributed by atoms with E-state index in [2.05, 4.69) is 13.2 Å². The topological polar surface area (TPSA) is 57.5 Å². The number of rotatable bonds is 4. The molecule has 0 aliphatic heterocycles. The summed E-state index contributed by atoms with van der Waals surface area (Å²) in [6, 6.07) is 0. The second kappa shape index (κ2) is 3.98. The van der Waals surface area contributed by atoms with Crippen molar-refractivity contribution in [2.75, 3.05) is 13.2 Å². The van der Waals surface area contributed by atoms with Crippen LogP contribution in [-0.2, 0) is 4.79 Å². The highest BCUT2D eigenvalue weighted by Crippen LogP contribution is 1.99. The molecule has 3 heteroatoms. The van der Waals surface area contributed by atoms with E-state index >= 15 is 0 Å². The van der Waals surface area contributed by atoms with Crippen LogP contribution in [0.1, 0.15) is 0 Å². The Morgan fingerprint density at radius 1 is 1.10 bits per heavy atom. The number of carbonyl (C=O) groups excluding carboxylic acids is 1. The summed E-state index contributed by atoms with van der Waals surface area (Å²) in [5.74, 6) is -0.468. The standard InChI is InChI=1S/C7H10O3/c1-5(3-8)7(10)6(2)4-9/h8-9H,1-4H2. The first-order valence-electron chi connectivity index (χ1n) is 2.75. The van der Waals surface area contributed by atoms with E-state index in [-0.39, 0.29) is 11.1 Å². The summed E-state index contributed by atoms with van der Waals surface area (Å²) in [5, 5.41) is 16.8. The van der Waals surface area contributed by atoms with Crippen LogP contribution in [0, 0.1) is 0 Å². The maximum atomic E-state index is 10.8. The maximum absolute atomic E-state index is 10.8. The second-order valence-electron chi connectivity index (χ2n) is 1.85. The van der Waals surface area contributed by atoms with Crippen LogP contribution < -0.4 is 0 Å². The summed E-state index contributed by atoms with van der Waals surface area (Å²) >= 11 is 0. The van der Waals surface area contributed by atoms with Crippen molar-refractivity contribution < 1.29 is 15.0 Å². The monoisotopic (exact) mass is 142 g/mol. The number of carbonyl (C=O) groups is 1. The Balaban J connectivity index is 4.09. The average Bonchev–Trinajstić information content (AvgIpc) is 2.00. The molecule has 0 atom stereocenters. The smallest absolute Gasteiger partial charge is 0.188 e. The lowest BCUT2D eigenvalue weighted by atomic mass is 10.1. The summed E-state index contributed by atoms with van der Waals surface area (Å²) in [4.78, 5) is 10.8. The number of ketones is 1. The lowest BCUT2D eigenvalue weighted by Crippen LogP contribution is -2.09. The fourth-order valence-corrected chi connectivity index (χ4v) is 0.394. The number of aliphatic hydroxyl groups excluding tert-OH is 2. The van der Waals surface area contributed by atoms with Crippen LogP contribution in [0.3, 0.4) is 0 Å². The Morgan fingerprint density at radius 3 is 1.60 bits per heavy atom. The van der Waals surface area contributed by atoms with Crippen LogP contribution in [0.15, 0.2) is 24.3 Å². The molecule has 0 heterocycles. The van der Waals surface area contributed by atoms with E-state index in [0.717, 1.165) is 0 Å². The van der Waals surface area contributed by atoms with Gasteiger partial charge in [0.05, 0.1) is 13.2 Å². The molecule has 2 N–H and O–H groups in total. The zero-order valence-electron chi connectivity index (χ0n) is 5.63. The maximum Gasteiger partial charge on any atom is 0.188 e. The summed E-state index contributed by atoms with van der Waals surface area (Å²) in [6.07, 6.45) is 0. The second-order valence-corrected chi connectivity index (χ2v) is 1.85. The third kappa shape index (κ3) is 2.13. The molecule has 0 saturated heterocycles. The summed E-state index contributed by atoms with van der Waals surface area (Å²) in [6.45, 7) is 5.76. The van der Waals surface area contributed by atoms with E-state index < -0.39 is 19.0 Å². The predicted molar refractivity (Wildman–Crippen MR) is 37.5 cm³/mol. The van der Waals surface area contributed by atoms with Crippen LogP contribution in [0.25, 0.3) is 0 Å². The van der Waals surface area contributed by atoms with Crippen molar-refractivity contribution in [3.63, 3.8) is 0 Å². The minimum atomic E-state index is -0.468. The highest BCUT2D eigenvalue weighted by atomic mass is 16.3. The molecule has 10 heavy (non-hydrogen) atoms. The van der Waals surface area contributed by atoms with Crippen LogP contribution in [0.4, 0.5) is 0 Å². The molecule has 0 aromatic heterocycles. The minimum absolute atomic E-state index is 0.0547. The zero-order valence-corrected chi connectivity index (χ0v) is 5.63. The Labute approximate surface area is 59.3 Å². The van der Waals surface area contributed by atoms with Gasteiger partial charge in [-0.05, 0) is 0 Å². The lowest BCUT2D eigenvalue weighted by Gasteiger charge is -1.99. The van der Waals surface area contributed by atoms with Gasteiger partial charge in [-0.25, -0.2) is 0 Å². The third-order valence-corrected chi connectivity index (χ3v) is 1.02. The van der Waals surface area contributed by atoms with E-state index in [0.29, 0.717) is 0 Å². The molecule has 56 valence electrons. The van der Waals surface area contributed by atoms with Crippen LogP contribution in [-0.4, -0.2) is 29.2 Å². The quantitative estimate of drug-likeness (QED) is 0.527. The summed E-state index contributed by atoms with van der Waals surface area (Å²) < 4.78 is 0. The molecule has 0 amide bonds. The van der Waals surface area contributed by atoms with Gasteiger partial charge in [-0.2, -0.15) is 0 Å². The molecular formula is C7H10O3. The Bertz CT molecular complexity index is 152. The van der Waals surface area contributed by atoms with Gasteiger partial charge in [0.25, 0.3) is 0 Å². The van der Waals surface area contributed by atoms with E-state index in [1.165, 1.54) is 0 Å². The van der Waals surface area contributed by atoms with Gasteiger partial charge in [0.15, 0.2) is 5.78 Å². The van der Waals surface area contributed by atoms with E-state index in [1.807, 2.05) is 0 Å². The normalized spacial score (nSPS) is 9.00. The minimum Gasteiger partial charge on any atom is -0.392 e. The van der Waals surface area contributed by atoms with Crippen molar-refractivity contribution in [3.05, 3.63) is 24.3 Å². The molecule has 0 aromatic carbocycles. The molecule has 0 unspecified atom stereocenters. The van der Waals surface area contributed by atoms with Crippen molar-refractivity contribution in [3.8, 4) is 0 Å². The number of aliphatic hydroxyl groups is 2. The SMILES string of the molecule is C=C(CO)C(=O)C(=C)CO. The molecule has 0 aliphatic rings.